The molecule has 0 spiro atoms. The molecule has 0 aliphatic heterocycles. The monoisotopic (exact) mass is 340 g/mol. The van der Waals surface area contributed by atoms with E-state index < -0.39 is 11.7 Å². The summed E-state index contributed by atoms with van der Waals surface area (Å²) in [7, 11) is 1.63. The molecule has 2 aromatic carbocycles. The lowest BCUT2D eigenvalue weighted by atomic mass is 9.84. The summed E-state index contributed by atoms with van der Waals surface area (Å²) in [5.41, 5.74) is 1.78. The van der Waals surface area contributed by atoms with Gasteiger partial charge in [0.05, 0.1) is 12.7 Å². The van der Waals surface area contributed by atoms with E-state index >= 15 is 0 Å². The van der Waals surface area contributed by atoms with Crippen LogP contribution in [0.25, 0.3) is 10.9 Å². The second-order valence-electron chi connectivity index (χ2n) is 6.66. The van der Waals surface area contributed by atoms with Crippen LogP contribution in [-0.4, -0.2) is 24.5 Å². The van der Waals surface area contributed by atoms with Crippen molar-refractivity contribution in [2.24, 2.45) is 0 Å². The SMILES string of the molecule is COc1ccc2[nH]cc(C(C)(C)CNC(=O)c3ccccc3F)c2c1. The molecule has 2 N–H and O–H groups in total. The number of rotatable bonds is 5. The summed E-state index contributed by atoms with van der Waals surface area (Å²) >= 11 is 0. The Morgan fingerprint density at radius 3 is 2.72 bits per heavy atom. The molecular formula is C20H21FN2O2. The van der Waals surface area contributed by atoms with Gasteiger partial charge >= 0.3 is 0 Å². The Kier molecular flexibility index (Phi) is 4.49. The Bertz CT molecular complexity index is 915. The quantitative estimate of drug-likeness (QED) is 0.737. The molecule has 25 heavy (non-hydrogen) atoms. The fourth-order valence-electron chi connectivity index (χ4n) is 2.92. The van der Waals surface area contributed by atoms with E-state index in [1.165, 1.54) is 12.1 Å². The molecular weight excluding hydrogens is 319 g/mol. The molecule has 4 nitrogen and oxygen atoms in total. The van der Waals surface area contributed by atoms with Crippen molar-refractivity contribution in [2.75, 3.05) is 13.7 Å². The van der Waals surface area contributed by atoms with E-state index in [0.29, 0.717) is 6.54 Å². The fourth-order valence-corrected chi connectivity index (χ4v) is 2.92. The summed E-state index contributed by atoms with van der Waals surface area (Å²) in [5.74, 6) is -0.155. The van der Waals surface area contributed by atoms with Gasteiger partial charge in [-0.1, -0.05) is 26.0 Å². The molecule has 0 atom stereocenters. The van der Waals surface area contributed by atoms with Crippen LogP contribution in [0.15, 0.2) is 48.7 Å². The smallest absolute Gasteiger partial charge is 0.254 e. The number of halogens is 1. The Balaban J connectivity index is 1.82. The van der Waals surface area contributed by atoms with E-state index in [1.807, 2.05) is 38.2 Å². The van der Waals surface area contributed by atoms with Crippen molar-refractivity contribution in [1.29, 1.82) is 0 Å². The highest BCUT2D eigenvalue weighted by atomic mass is 19.1. The molecule has 0 fully saturated rings. The first-order valence-corrected chi connectivity index (χ1v) is 8.11. The predicted octanol–water partition coefficient (Wildman–Crippen LogP) is 4.02. The van der Waals surface area contributed by atoms with E-state index in [-0.39, 0.29) is 11.0 Å². The summed E-state index contributed by atoms with van der Waals surface area (Å²) in [6.45, 7) is 4.46. The van der Waals surface area contributed by atoms with Crippen LogP contribution >= 0.6 is 0 Å². The minimum atomic E-state index is -0.519. The van der Waals surface area contributed by atoms with Gasteiger partial charge in [0.25, 0.3) is 5.91 Å². The van der Waals surface area contributed by atoms with Gasteiger partial charge in [0.2, 0.25) is 0 Å². The Morgan fingerprint density at radius 1 is 1.24 bits per heavy atom. The van der Waals surface area contributed by atoms with Gasteiger partial charge in [-0.2, -0.15) is 0 Å². The van der Waals surface area contributed by atoms with Crippen LogP contribution in [-0.2, 0) is 5.41 Å². The van der Waals surface area contributed by atoms with Gasteiger partial charge in [-0.05, 0) is 35.9 Å². The van der Waals surface area contributed by atoms with Gasteiger partial charge in [-0.15, -0.1) is 0 Å². The molecule has 0 saturated carbocycles. The number of hydrogen-bond donors (Lipinski definition) is 2. The minimum absolute atomic E-state index is 0.0545. The van der Waals surface area contributed by atoms with Crippen molar-refractivity contribution in [3.05, 3.63) is 65.6 Å². The fraction of sp³-hybridized carbons (Fsp3) is 0.250. The van der Waals surface area contributed by atoms with Crippen LogP contribution in [0.5, 0.6) is 5.75 Å². The number of amides is 1. The zero-order chi connectivity index (χ0) is 18.0. The molecule has 0 aliphatic carbocycles. The highest BCUT2D eigenvalue weighted by molar-refractivity contribution is 5.94. The first kappa shape index (κ1) is 17.0. The summed E-state index contributed by atoms with van der Waals surface area (Å²) in [6, 6.07) is 11.8. The van der Waals surface area contributed by atoms with Gasteiger partial charge in [-0.25, -0.2) is 4.39 Å². The molecule has 5 heteroatoms. The number of carbonyl (C=O) groups excluding carboxylic acids is 1. The van der Waals surface area contributed by atoms with E-state index in [2.05, 4.69) is 10.3 Å². The largest absolute Gasteiger partial charge is 0.497 e. The Morgan fingerprint density at radius 2 is 2.00 bits per heavy atom. The number of hydrogen-bond acceptors (Lipinski definition) is 2. The summed E-state index contributed by atoms with van der Waals surface area (Å²) in [6.07, 6.45) is 1.94. The van der Waals surface area contributed by atoms with Crippen molar-refractivity contribution in [2.45, 2.75) is 19.3 Å². The van der Waals surface area contributed by atoms with Gasteiger partial charge < -0.3 is 15.0 Å². The Labute approximate surface area is 146 Å². The standard InChI is InChI=1S/C20H21FN2O2/c1-20(2,12-23-19(24)14-6-4-5-7-17(14)21)16-11-22-18-9-8-13(25-3)10-15(16)18/h4-11,22H,12H2,1-3H3,(H,23,24). The van der Waals surface area contributed by atoms with Crippen LogP contribution in [0.3, 0.4) is 0 Å². The second kappa shape index (κ2) is 6.59. The molecule has 0 radical (unpaired) electrons. The van der Waals surface area contributed by atoms with Crippen molar-refractivity contribution < 1.29 is 13.9 Å². The number of aromatic amines is 1. The molecule has 1 amide bonds. The third-order valence-corrected chi connectivity index (χ3v) is 4.43. The number of methoxy groups -OCH3 is 1. The lowest BCUT2D eigenvalue weighted by Crippen LogP contribution is -2.36. The van der Waals surface area contributed by atoms with Crippen LogP contribution in [0.2, 0.25) is 0 Å². The molecule has 0 aliphatic rings. The van der Waals surface area contributed by atoms with Gasteiger partial charge in [0.1, 0.15) is 11.6 Å². The zero-order valence-electron chi connectivity index (χ0n) is 14.5. The van der Waals surface area contributed by atoms with Crippen molar-refractivity contribution in [3.63, 3.8) is 0 Å². The minimum Gasteiger partial charge on any atom is -0.497 e. The van der Waals surface area contributed by atoms with Crippen LogP contribution in [0, 0.1) is 5.82 Å². The first-order chi connectivity index (χ1) is 11.9. The molecule has 0 saturated heterocycles. The lowest BCUT2D eigenvalue weighted by Gasteiger charge is -2.25. The van der Waals surface area contributed by atoms with E-state index in [1.54, 1.807) is 19.2 Å². The zero-order valence-corrected chi connectivity index (χ0v) is 14.5. The van der Waals surface area contributed by atoms with Crippen molar-refractivity contribution in [3.8, 4) is 5.75 Å². The average Bonchev–Trinajstić information content (AvgIpc) is 3.04. The molecule has 3 rings (SSSR count). The highest BCUT2D eigenvalue weighted by Crippen LogP contribution is 2.32. The number of benzene rings is 2. The van der Waals surface area contributed by atoms with Gasteiger partial charge in [-0.3, -0.25) is 4.79 Å². The highest BCUT2D eigenvalue weighted by Gasteiger charge is 2.25. The van der Waals surface area contributed by atoms with Crippen molar-refractivity contribution >= 4 is 16.8 Å². The molecule has 1 heterocycles. The average molecular weight is 340 g/mol. The molecule has 3 aromatic rings. The predicted molar refractivity (Wildman–Crippen MR) is 96.6 cm³/mol. The molecule has 1 aromatic heterocycles. The van der Waals surface area contributed by atoms with Crippen LogP contribution in [0.4, 0.5) is 4.39 Å². The summed E-state index contributed by atoms with van der Waals surface area (Å²) < 4.78 is 19.0. The molecule has 130 valence electrons. The maximum atomic E-state index is 13.7. The second-order valence-corrected chi connectivity index (χ2v) is 6.66. The Hall–Kier alpha value is -2.82. The number of ether oxygens (including phenoxy) is 1. The third kappa shape index (κ3) is 3.36. The van der Waals surface area contributed by atoms with Gasteiger partial charge in [0.15, 0.2) is 0 Å². The van der Waals surface area contributed by atoms with Gasteiger partial charge in [0, 0.05) is 29.1 Å². The summed E-state index contributed by atoms with van der Waals surface area (Å²) in [5, 5.41) is 3.88. The maximum absolute atomic E-state index is 13.7. The van der Waals surface area contributed by atoms with Crippen molar-refractivity contribution in [1.82, 2.24) is 10.3 Å². The number of aromatic nitrogens is 1. The normalized spacial score (nSPS) is 11.5. The molecule has 0 unspecified atom stereocenters. The number of nitrogens with one attached hydrogen (secondary N) is 2. The number of H-pyrrole nitrogens is 1. The third-order valence-electron chi connectivity index (χ3n) is 4.43. The van der Waals surface area contributed by atoms with Crippen LogP contribution in [0.1, 0.15) is 29.8 Å². The van der Waals surface area contributed by atoms with E-state index in [9.17, 15) is 9.18 Å². The topological polar surface area (TPSA) is 54.1 Å². The number of fused-ring (bicyclic) bond motifs is 1. The summed E-state index contributed by atoms with van der Waals surface area (Å²) in [4.78, 5) is 15.5. The molecule has 0 bridgehead atoms. The van der Waals surface area contributed by atoms with Crippen LogP contribution < -0.4 is 10.1 Å². The van der Waals surface area contributed by atoms with E-state index in [0.717, 1.165) is 22.2 Å². The first-order valence-electron chi connectivity index (χ1n) is 8.11. The lowest BCUT2D eigenvalue weighted by molar-refractivity contribution is 0.0941. The number of carbonyl (C=O) groups is 1. The van der Waals surface area contributed by atoms with E-state index in [4.69, 9.17) is 4.74 Å². The maximum Gasteiger partial charge on any atom is 0.254 e.